The molecule has 2 aliphatic rings. The third-order valence-corrected chi connectivity index (χ3v) is 7.59. The van der Waals surface area contributed by atoms with Crippen LogP contribution in [0.25, 0.3) is 11.0 Å². The Morgan fingerprint density at radius 3 is 2.35 bits per heavy atom. The SMILES string of the molecule is CC(C)(C)NC(=O)C(=O)C(C[C@@H]1CCNC1=O)NC(=O)[C@H](CC1CCCCC1)NC(=O)c1cc2ccccc2o1. The Hall–Kier alpha value is -3.69. The molecule has 2 aromatic rings. The van der Waals surface area contributed by atoms with E-state index < -0.39 is 47.0 Å². The minimum atomic E-state index is -1.21. The number of Topliss-reactive ketones (excluding diaryl/α,β-unsaturated/α-hetero) is 1. The largest absolute Gasteiger partial charge is 0.451 e. The zero-order valence-electron chi connectivity index (χ0n) is 23.5. The number of hydrogen-bond donors (Lipinski definition) is 4. The second-order valence-electron chi connectivity index (χ2n) is 12.1. The Morgan fingerprint density at radius 1 is 0.975 bits per heavy atom. The topological polar surface area (TPSA) is 147 Å². The first-order valence-electron chi connectivity index (χ1n) is 14.2. The van der Waals surface area contributed by atoms with Crippen molar-refractivity contribution in [2.24, 2.45) is 11.8 Å². The summed E-state index contributed by atoms with van der Waals surface area (Å²) in [5.74, 6) is -3.12. The molecule has 40 heavy (non-hydrogen) atoms. The van der Waals surface area contributed by atoms with Crippen molar-refractivity contribution >= 4 is 40.4 Å². The Bertz CT molecular complexity index is 1220. The number of nitrogens with one attached hydrogen (secondary N) is 4. The highest BCUT2D eigenvalue weighted by Gasteiger charge is 2.37. The highest BCUT2D eigenvalue weighted by molar-refractivity contribution is 6.38. The second kappa shape index (κ2) is 12.7. The van der Waals surface area contributed by atoms with Gasteiger partial charge >= 0.3 is 0 Å². The van der Waals surface area contributed by atoms with Crippen LogP contribution in [0.2, 0.25) is 0 Å². The van der Waals surface area contributed by atoms with Gasteiger partial charge in [-0.25, -0.2) is 0 Å². The number of carbonyl (C=O) groups is 5. The molecule has 2 heterocycles. The predicted octanol–water partition coefficient (Wildman–Crippen LogP) is 3.00. The van der Waals surface area contributed by atoms with Gasteiger partial charge in [-0.1, -0.05) is 50.3 Å². The Balaban J connectivity index is 1.54. The van der Waals surface area contributed by atoms with E-state index in [1.165, 1.54) is 0 Å². The van der Waals surface area contributed by atoms with Crippen LogP contribution in [0.3, 0.4) is 0 Å². The monoisotopic (exact) mass is 552 g/mol. The number of ketones is 1. The first-order valence-corrected chi connectivity index (χ1v) is 14.2. The summed E-state index contributed by atoms with van der Waals surface area (Å²) in [4.78, 5) is 65.2. The number of benzene rings is 1. The van der Waals surface area contributed by atoms with Gasteiger partial charge in [0, 0.05) is 23.4 Å². The number of fused-ring (bicyclic) bond motifs is 1. The lowest BCUT2D eigenvalue weighted by molar-refractivity contribution is -0.141. The molecular weight excluding hydrogens is 512 g/mol. The molecule has 0 bridgehead atoms. The van der Waals surface area contributed by atoms with Crippen LogP contribution in [0.5, 0.6) is 0 Å². The third kappa shape index (κ3) is 7.70. The molecule has 1 saturated carbocycles. The number of furan rings is 1. The van der Waals surface area contributed by atoms with Crippen LogP contribution in [-0.4, -0.2) is 53.6 Å². The van der Waals surface area contributed by atoms with E-state index in [2.05, 4.69) is 21.3 Å². The van der Waals surface area contributed by atoms with Crippen LogP contribution in [0.15, 0.2) is 34.7 Å². The molecule has 10 nitrogen and oxygen atoms in total. The molecule has 2 fully saturated rings. The highest BCUT2D eigenvalue weighted by atomic mass is 16.3. The molecule has 1 aromatic heterocycles. The zero-order chi connectivity index (χ0) is 28.9. The summed E-state index contributed by atoms with van der Waals surface area (Å²) in [7, 11) is 0. The molecule has 0 spiro atoms. The van der Waals surface area contributed by atoms with Crippen molar-refractivity contribution in [2.75, 3.05) is 6.54 Å². The molecule has 1 aliphatic carbocycles. The van der Waals surface area contributed by atoms with Gasteiger partial charge in [0.25, 0.3) is 11.8 Å². The smallest absolute Gasteiger partial charge is 0.290 e. The van der Waals surface area contributed by atoms with Gasteiger partial charge in [0.2, 0.25) is 17.6 Å². The lowest BCUT2D eigenvalue weighted by Crippen LogP contribution is -2.56. The first kappa shape index (κ1) is 29.3. The lowest BCUT2D eigenvalue weighted by atomic mass is 9.84. The average molecular weight is 553 g/mol. The number of hydrogen-bond acceptors (Lipinski definition) is 6. The van der Waals surface area contributed by atoms with Gasteiger partial charge < -0.3 is 25.7 Å². The van der Waals surface area contributed by atoms with Gasteiger partial charge in [-0.05, 0) is 58.1 Å². The van der Waals surface area contributed by atoms with E-state index in [0.29, 0.717) is 25.0 Å². The first-order chi connectivity index (χ1) is 19.0. The molecule has 4 amide bonds. The van der Waals surface area contributed by atoms with Crippen molar-refractivity contribution in [2.45, 2.75) is 89.8 Å². The molecule has 4 N–H and O–H groups in total. The summed E-state index contributed by atoms with van der Waals surface area (Å²) in [5.41, 5.74) is -0.0953. The standard InChI is InChI=1S/C30H40N4O6/c1-30(2,3)34-29(39)25(35)21(16-20-13-14-31-26(20)36)32-27(37)22(15-18-9-5-4-6-10-18)33-28(38)24-17-19-11-7-8-12-23(19)40-24/h7-8,11-12,17-18,20-22H,4-6,9-10,13-16H2,1-3H3,(H,31,36)(H,32,37)(H,33,38)(H,34,39)/t20-,21?,22-/m0/s1. The van der Waals surface area contributed by atoms with Crippen molar-refractivity contribution in [1.29, 1.82) is 0 Å². The van der Waals surface area contributed by atoms with E-state index >= 15 is 0 Å². The quantitative estimate of drug-likeness (QED) is 0.333. The van der Waals surface area contributed by atoms with E-state index in [0.717, 1.165) is 37.5 Å². The van der Waals surface area contributed by atoms with E-state index in [1.54, 1.807) is 32.9 Å². The molecule has 3 atom stereocenters. The molecular formula is C30H40N4O6. The van der Waals surface area contributed by atoms with Gasteiger partial charge in [0.15, 0.2) is 5.76 Å². The summed E-state index contributed by atoms with van der Waals surface area (Å²) in [6.45, 7) is 5.74. The Kier molecular flexibility index (Phi) is 9.27. The van der Waals surface area contributed by atoms with Crippen molar-refractivity contribution in [3.8, 4) is 0 Å². The molecule has 1 saturated heterocycles. The maximum atomic E-state index is 13.7. The van der Waals surface area contributed by atoms with Crippen LogP contribution >= 0.6 is 0 Å². The number of amides is 4. The normalized spacial score (nSPS) is 19.5. The van der Waals surface area contributed by atoms with E-state index in [4.69, 9.17) is 4.42 Å². The van der Waals surface area contributed by atoms with Crippen LogP contribution in [-0.2, 0) is 19.2 Å². The van der Waals surface area contributed by atoms with Gasteiger partial charge in [-0.15, -0.1) is 0 Å². The molecule has 216 valence electrons. The highest BCUT2D eigenvalue weighted by Crippen LogP contribution is 2.28. The maximum Gasteiger partial charge on any atom is 0.290 e. The average Bonchev–Trinajstić information content (AvgIpc) is 3.53. The number of para-hydroxylation sites is 1. The molecule has 1 unspecified atom stereocenters. The van der Waals surface area contributed by atoms with E-state index in [1.807, 2.05) is 18.2 Å². The fraction of sp³-hybridized carbons (Fsp3) is 0.567. The van der Waals surface area contributed by atoms with Crippen molar-refractivity contribution in [3.63, 3.8) is 0 Å². The molecule has 1 aromatic carbocycles. The zero-order valence-corrected chi connectivity index (χ0v) is 23.5. The second-order valence-corrected chi connectivity index (χ2v) is 12.1. The summed E-state index contributed by atoms with van der Waals surface area (Å²) in [6.07, 6.45) is 6.06. The van der Waals surface area contributed by atoms with Crippen LogP contribution < -0.4 is 21.3 Å². The summed E-state index contributed by atoms with van der Waals surface area (Å²) >= 11 is 0. The molecule has 0 radical (unpaired) electrons. The Labute approximate surface area is 234 Å². The molecule has 1 aliphatic heterocycles. The van der Waals surface area contributed by atoms with Crippen molar-refractivity contribution in [1.82, 2.24) is 21.3 Å². The minimum Gasteiger partial charge on any atom is -0.451 e. The number of carbonyl (C=O) groups excluding carboxylic acids is 5. The van der Waals surface area contributed by atoms with Gasteiger partial charge in [-0.2, -0.15) is 0 Å². The summed E-state index contributed by atoms with van der Waals surface area (Å²) in [5, 5.41) is 11.7. The van der Waals surface area contributed by atoms with Crippen LogP contribution in [0.1, 0.15) is 82.7 Å². The fourth-order valence-electron chi connectivity index (χ4n) is 5.53. The minimum absolute atomic E-state index is 0.00162. The third-order valence-electron chi connectivity index (χ3n) is 7.59. The van der Waals surface area contributed by atoms with Gasteiger partial charge in [-0.3, -0.25) is 24.0 Å². The maximum absolute atomic E-state index is 13.7. The van der Waals surface area contributed by atoms with Crippen LogP contribution in [0.4, 0.5) is 0 Å². The Morgan fingerprint density at radius 2 is 1.70 bits per heavy atom. The molecule has 4 rings (SSSR count). The van der Waals surface area contributed by atoms with E-state index in [-0.39, 0.29) is 24.0 Å². The van der Waals surface area contributed by atoms with Crippen molar-refractivity contribution < 1.29 is 28.4 Å². The van der Waals surface area contributed by atoms with Crippen molar-refractivity contribution in [3.05, 3.63) is 36.1 Å². The fourth-order valence-corrected chi connectivity index (χ4v) is 5.53. The van der Waals surface area contributed by atoms with Gasteiger partial charge in [0.1, 0.15) is 11.6 Å². The lowest BCUT2D eigenvalue weighted by Gasteiger charge is -2.28. The van der Waals surface area contributed by atoms with E-state index in [9.17, 15) is 24.0 Å². The number of rotatable bonds is 10. The summed E-state index contributed by atoms with van der Waals surface area (Å²) < 4.78 is 5.70. The molecule has 10 heteroatoms. The van der Waals surface area contributed by atoms with Gasteiger partial charge in [0.05, 0.1) is 6.04 Å². The summed E-state index contributed by atoms with van der Waals surface area (Å²) in [6, 6.07) is 6.72. The van der Waals surface area contributed by atoms with Crippen LogP contribution in [0, 0.1) is 11.8 Å². The predicted molar refractivity (Wildman–Crippen MR) is 149 cm³/mol.